The fraction of sp³-hybridized carbons (Fsp3) is 0.389. The van der Waals surface area contributed by atoms with Crippen molar-refractivity contribution in [3.05, 3.63) is 36.2 Å². The first-order valence-corrected chi connectivity index (χ1v) is 8.72. The molecule has 4 rings (SSSR count). The van der Waals surface area contributed by atoms with E-state index in [-0.39, 0.29) is 0 Å². The molecule has 1 fully saturated rings. The molecule has 0 bridgehead atoms. The van der Waals surface area contributed by atoms with Gasteiger partial charge in [-0.3, -0.25) is 5.10 Å². The summed E-state index contributed by atoms with van der Waals surface area (Å²) in [6.07, 6.45) is 4.82. The molecule has 0 aliphatic carbocycles. The third-order valence-electron chi connectivity index (χ3n) is 4.64. The van der Waals surface area contributed by atoms with Crippen molar-refractivity contribution in [1.29, 1.82) is 0 Å². The number of benzene rings is 1. The molecule has 3 N–H and O–H groups in total. The molecular formula is C18H23N7. The summed E-state index contributed by atoms with van der Waals surface area (Å²) in [6.45, 7) is 7.20. The van der Waals surface area contributed by atoms with E-state index in [2.05, 4.69) is 43.7 Å². The lowest BCUT2D eigenvalue weighted by atomic mass is 10.2. The van der Waals surface area contributed by atoms with Crippen molar-refractivity contribution in [1.82, 2.24) is 25.5 Å². The minimum Gasteiger partial charge on any atom is -0.340 e. The summed E-state index contributed by atoms with van der Waals surface area (Å²) in [5.74, 6) is 1.63. The molecule has 3 heterocycles. The number of aromatic amines is 1. The lowest BCUT2D eigenvalue weighted by Crippen LogP contribution is -2.38. The third-order valence-corrected chi connectivity index (χ3v) is 4.64. The third kappa shape index (κ3) is 3.28. The molecule has 7 heteroatoms. The van der Waals surface area contributed by atoms with Crippen LogP contribution in [0.25, 0.3) is 10.9 Å². The van der Waals surface area contributed by atoms with Gasteiger partial charge in [0.25, 0.3) is 0 Å². The fourth-order valence-electron chi connectivity index (χ4n) is 3.17. The highest BCUT2D eigenvalue weighted by Gasteiger charge is 2.20. The summed E-state index contributed by atoms with van der Waals surface area (Å²) < 4.78 is 0. The number of hydrogen-bond acceptors (Lipinski definition) is 6. The molecule has 1 saturated heterocycles. The molecule has 1 unspecified atom stereocenters. The molecular weight excluding hydrogens is 314 g/mol. The molecule has 2 aromatic heterocycles. The highest BCUT2D eigenvalue weighted by molar-refractivity contribution is 5.82. The molecule has 1 aliphatic heterocycles. The van der Waals surface area contributed by atoms with Crippen molar-refractivity contribution in [2.75, 3.05) is 29.9 Å². The van der Waals surface area contributed by atoms with Gasteiger partial charge in [-0.2, -0.15) is 10.1 Å². The van der Waals surface area contributed by atoms with Crippen LogP contribution in [-0.2, 0) is 0 Å². The Morgan fingerprint density at radius 2 is 2.20 bits per heavy atom. The van der Waals surface area contributed by atoms with Crippen LogP contribution in [0, 0.1) is 6.92 Å². The second-order valence-electron chi connectivity index (χ2n) is 6.60. The lowest BCUT2D eigenvalue weighted by Gasteiger charge is -2.27. The quantitative estimate of drug-likeness (QED) is 0.681. The highest BCUT2D eigenvalue weighted by Crippen LogP contribution is 2.24. The van der Waals surface area contributed by atoms with Crippen LogP contribution in [0.4, 0.5) is 17.5 Å². The number of aromatic nitrogens is 4. The number of aryl methyl sites for hydroxylation is 1. The topological polar surface area (TPSA) is 81.8 Å². The van der Waals surface area contributed by atoms with Gasteiger partial charge in [-0.05, 0) is 45.0 Å². The summed E-state index contributed by atoms with van der Waals surface area (Å²) in [5, 5.41) is 15.0. The zero-order valence-electron chi connectivity index (χ0n) is 14.6. The van der Waals surface area contributed by atoms with Crippen molar-refractivity contribution >= 4 is 28.4 Å². The number of H-pyrrole nitrogens is 1. The number of anilines is 3. The van der Waals surface area contributed by atoms with E-state index in [1.165, 1.54) is 0 Å². The van der Waals surface area contributed by atoms with Gasteiger partial charge in [0, 0.05) is 42.0 Å². The van der Waals surface area contributed by atoms with Crippen LogP contribution in [0.15, 0.2) is 30.6 Å². The van der Waals surface area contributed by atoms with Crippen LogP contribution in [0.5, 0.6) is 0 Å². The van der Waals surface area contributed by atoms with Gasteiger partial charge in [0.2, 0.25) is 5.95 Å². The molecule has 25 heavy (non-hydrogen) atoms. The van der Waals surface area contributed by atoms with Crippen LogP contribution >= 0.6 is 0 Å². The Bertz CT molecular complexity index is 873. The van der Waals surface area contributed by atoms with E-state index in [1.807, 2.05) is 31.5 Å². The van der Waals surface area contributed by atoms with Crippen LogP contribution in [-0.4, -0.2) is 45.8 Å². The normalized spacial score (nSPS) is 18.3. The van der Waals surface area contributed by atoms with E-state index in [0.717, 1.165) is 60.0 Å². The molecule has 1 atom stereocenters. The Morgan fingerprint density at radius 1 is 1.28 bits per heavy atom. The molecule has 130 valence electrons. The minimum atomic E-state index is 0.375. The van der Waals surface area contributed by atoms with E-state index in [9.17, 15) is 0 Å². The molecule has 3 aromatic rings. The lowest BCUT2D eigenvalue weighted by molar-refractivity contribution is 0.619. The molecule has 1 aromatic carbocycles. The highest BCUT2D eigenvalue weighted by atomic mass is 15.3. The van der Waals surface area contributed by atoms with Crippen LogP contribution in [0.3, 0.4) is 0 Å². The fourth-order valence-corrected chi connectivity index (χ4v) is 3.17. The molecule has 0 radical (unpaired) electrons. The van der Waals surface area contributed by atoms with Gasteiger partial charge in [-0.15, -0.1) is 0 Å². The SMILES string of the molecule is Cc1cnc(N2CCCNCC2C)nc1Nc1ccc2[nH]ncc2c1. The molecule has 0 spiro atoms. The van der Waals surface area contributed by atoms with Crippen molar-refractivity contribution in [3.8, 4) is 0 Å². The Morgan fingerprint density at radius 3 is 3.12 bits per heavy atom. The summed E-state index contributed by atoms with van der Waals surface area (Å²) >= 11 is 0. The van der Waals surface area contributed by atoms with E-state index < -0.39 is 0 Å². The van der Waals surface area contributed by atoms with Gasteiger partial charge < -0.3 is 15.5 Å². The molecule has 0 amide bonds. The first kappa shape index (κ1) is 15.8. The van der Waals surface area contributed by atoms with Crippen molar-refractivity contribution in [2.45, 2.75) is 26.3 Å². The first-order chi connectivity index (χ1) is 12.2. The van der Waals surface area contributed by atoms with E-state index in [1.54, 1.807) is 0 Å². The summed E-state index contributed by atoms with van der Waals surface area (Å²) in [5.41, 5.74) is 3.04. The summed E-state index contributed by atoms with van der Waals surface area (Å²) in [4.78, 5) is 11.7. The van der Waals surface area contributed by atoms with Crippen LogP contribution in [0.2, 0.25) is 0 Å². The summed E-state index contributed by atoms with van der Waals surface area (Å²) in [7, 11) is 0. The van der Waals surface area contributed by atoms with Crippen molar-refractivity contribution < 1.29 is 0 Å². The van der Waals surface area contributed by atoms with E-state index >= 15 is 0 Å². The van der Waals surface area contributed by atoms with Gasteiger partial charge in [0.15, 0.2) is 0 Å². The van der Waals surface area contributed by atoms with Crippen LogP contribution < -0.4 is 15.5 Å². The first-order valence-electron chi connectivity index (χ1n) is 8.72. The van der Waals surface area contributed by atoms with Gasteiger partial charge in [-0.1, -0.05) is 0 Å². The average molecular weight is 337 g/mol. The molecule has 0 saturated carbocycles. The number of nitrogens with one attached hydrogen (secondary N) is 3. The second kappa shape index (κ2) is 6.68. The Balaban J connectivity index is 1.62. The number of fused-ring (bicyclic) bond motifs is 1. The number of nitrogens with zero attached hydrogens (tertiary/aromatic N) is 4. The van der Waals surface area contributed by atoms with E-state index in [0.29, 0.717) is 6.04 Å². The van der Waals surface area contributed by atoms with Gasteiger partial charge in [0.05, 0.1) is 11.7 Å². The Hall–Kier alpha value is -2.67. The maximum absolute atomic E-state index is 4.80. The zero-order chi connectivity index (χ0) is 17.2. The van der Waals surface area contributed by atoms with Crippen LogP contribution in [0.1, 0.15) is 18.9 Å². The van der Waals surface area contributed by atoms with Gasteiger partial charge in [-0.25, -0.2) is 4.98 Å². The predicted molar refractivity (Wildman–Crippen MR) is 100 cm³/mol. The van der Waals surface area contributed by atoms with E-state index in [4.69, 9.17) is 4.98 Å². The Labute approximate surface area is 146 Å². The summed E-state index contributed by atoms with van der Waals surface area (Å²) in [6, 6.07) is 6.49. The van der Waals surface area contributed by atoms with Crippen molar-refractivity contribution in [2.24, 2.45) is 0 Å². The maximum Gasteiger partial charge on any atom is 0.227 e. The van der Waals surface area contributed by atoms with Gasteiger partial charge >= 0.3 is 0 Å². The monoisotopic (exact) mass is 337 g/mol. The second-order valence-corrected chi connectivity index (χ2v) is 6.60. The predicted octanol–water partition coefficient (Wildman–Crippen LogP) is 2.59. The minimum absolute atomic E-state index is 0.375. The molecule has 7 nitrogen and oxygen atoms in total. The maximum atomic E-state index is 4.80. The average Bonchev–Trinajstić information content (AvgIpc) is 2.97. The van der Waals surface area contributed by atoms with Gasteiger partial charge in [0.1, 0.15) is 5.82 Å². The Kier molecular flexibility index (Phi) is 4.23. The molecule has 1 aliphatic rings. The zero-order valence-corrected chi connectivity index (χ0v) is 14.6. The number of hydrogen-bond donors (Lipinski definition) is 3. The number of rotatable bonds is 3. The smallest absolute Gasteiger partial charge is 0.227 e. The largest absolute Gasteiger partial charge is 0.340 e. The standard InChI is InChI=1S/C18H23N7/c1-12-9-20-18(25-7-3-6-19-10-13(25)2)23-17(12)22-15-4-5-16-14(8-15)11-21-24-16/h4-5,8-9,11,13,19H,3,6-7,10H2,1-2H3,(H,21,24)(H,20,22,23). The van der Waals surface area contributed by atoms with Crippen molar-refractivity contribution in [3.63, 3.8) is 0 Å².